The molecule has 4 N–H and O–H groups in total. The molecule has 1 aliphatic carbocycles. The molecule has 2 heterocycles. The third-order valence-electron chi connectivity index (χ3n) is 11.0. The van der Waals surface area contributed by atoms with Gasteiger partial charge in [-0.2, -0.15) is 13.2 Å². The van der Waals surface area contributed by atoms with Crippen molar-refractivity contribution in [3.8, 4) is 0 Å². The lowest BCUT2D eigenvalue weighted by Crippen LogP contribution is -2.51. The second-order valence-electron chi connectivity index (χ2n) is 28.8. The van der Waals surface area contributed by atoms with Crippen molar-refractivity contribution in [1.82, 2.24) is 40.9 Å². The molecule has 78 heavy (non-hydrogen) atoms. The zero-order chi connectivity index (χ0) is 61.9. The molecule has 464 valence electrons. The molecule has 20 heteroatoms. The first-order valence-electron chi connectivity index (χ1n) is 27.9. The van der Waals surface area contributed by atoms with Crippen LogP contribution in [0.3, 0.4) is 0 Å². The van der Waals surface area contributed by atoms with Gasteiger partial charge >= 0.3 is 12.3 Å². The Kier molecular flexibility index (Phi) is 35.9. The van der Waals surface area contributed by atoms with Gasteiger partial charge in [0.2, 0.25) is 23.6 Å². The number of hydrogen-bond acceptors (Lipinski definition) is 10. The smallest absolute Gasteiger partial charge is 0.407 e. The number of carbonyl (C=O) groups is 5. The number of hydrogen-bond donors (Lipinski definition) is 4. The molecule has 3 fully saturated rings. The molecule has 2 saturated heterocycles. The predicted molar refractivity (Wildman–Crippen MR) is 307 cm³/mol. The lowest BCUT2D eigenvalue weighted by atomic mass is 9.96. The van der Waals surface area contributed by atoms with E-state index in [-0.39, 0.29) is 46.9 Å². The fourth-order valence-electron chi connectivity index (χ4n) is 6.93. The van der Waals surface area contributed by atoms with E-state index in [0.29, 0.717) is 42.2 Å². The number of nitrogens with zero attached hydrogens (tertiary/aromatic N) is 4. The number of alkyl carbamates (subject to hydrolysis) is 1. The number of halogens is 5. The number of nitrogens with one attached hydrogen (secondary N) is 4. The fourth-order valence-corrected chi connectivity index (χ4v) is 6.93. The van der Waals surface area contributed by atoms with Gasteiger partial charge in [0.1, 0.15) is 18.4 Å². The molecule has 0 aromatic carbocycles. The van der Waals surface area contributed by atoms with Gasteiger partial charge in [0, 0.05) is 91.9 Å². The minimum atomic E-state index is -4.41. The molecule has 2 atom stereocenters. The normalized spacial score (nSPS) is 17.4. The molecule has 3 aliphatic rings. The summed E-state index contributed by atoms with van der Waals surface area (Å²) in [5, 5.41) is 10.2. The van der Waals surface area contributed by atoms with E-state index < -0.39 is 48.4 Å². The van der Waals surface area contributed by atoms with Crippen LogP contribution in [0.15, 0.2) is 0 Å². The Hall–Kier alpha value is -3.36. The Morgan fingerprint density at radius 1 is 0.641 bits per heavy atom. The molecule has 2 aliphatic heterocycles. The molecule has 15 nitrogen and oxygen atoms in total. The molecule has 0 aromatic rings. The van der Waals surface area contributed by atoms with Crippen LogP contribution in [-0.4, -0.2) is 180 Å². The van der Waals surface area contributed by atoms with Crippen molar-refractivity contribution in [2.75, 3.05) is 113 Å². The van der Waals surface area contributed by atoms with Crippen LogP contribution in [0.4, 0.5) is 26.7 Å². The monoisotopic (exact) mass is 1130 g/mol. The summed E-state index contributed by atoms with van der Waals surface area (Å²) in [6, 6.07) is -0.565. The molecular weight excluding hydrogens is 1020 g/mol. The van der Waals surface area contributed by atoms with Crippen molar-refractivity contribution < 1.29 is 55.4 Å². The average molecular weight is 1130 g/mol. The number of piperazine rings is 1. The van der Waals surface area contributed by atoms with E-state index >= 15 is 0 Å². The molecule has 0 bridgehead atoms. The second kappa shape index (κ2) is 35.5. The highest BCUT2D eigenvalue weighted by Gasteiger charge is 2.48. The van der Waals surface area contributed by atoms with Crippen LogP contribution in [0.5, 0.6) is 0 Å². The van der Waals surface area contributed by atoms with E-state index in [4.69, 9.17) is 4.74 Å². The maximum atomic E-state index is 13.2. The molecular formula is C58H115F5N8O7. The highest BCUT2D eigenvalue weighted by molar-refractivity contribution is 5.85. The summed E-state index contributed by atoms with van der Waals surface area (Å²) in [5.74, 6) is -5.34. The van der Waals surface area contributed by atoms with Gasteiger partial charge < -0.3 is 45.4 Å². The maximum Gasteiger partial charge on any atom is 0.407 e. The van der Waals surface area contributed by atoms with Crippen LogP contribution < -0.4 is 21.3 Å². The molecule has 0 spiro atoms. The summed E-state index contributed by atoms with van der Waals surface area (Å²) in [6.07, 6.45) is -5.80. The third kappa shape index (κ3) is 50.8. The number of carbonyl (C=O) groups excluding carboxylic acids is 5. The van der Waals surface area contributed by atoms with Gasteiger partial charge in [-0.05, 0) is 65.3 Å². The van der Waals surface area contributed by atoms with Crippen molar-refractivity contribution in [2.45, 2.75) is 189 Å². The molecule has 0 aromatic heterocycles. The number of amides is 5. The van der Waals surface area contributed by atoms with E-state index in [1.165, 1.54) is 26.7 Å². The zero-order valence-electron chi connectivity index (χ0n) is 53.5. The topological polar surface area (TPSA) is 165 Å². The lowest BCUT2D eigenvalue weighted by Gasteiger charge is -2.37. The van der Waals surface area contributed by atoms with Gasteiger partial charge in [-0.1, -0.05) is 138 Å². The largest absolute Gasteiger partial charge is 0.453 e. The first-order chi connectivity index (χ1) is 34.9. The fraction of sp³-hybridized carbons (Fsp3) is 0.914. The van der Waals surface area contributed by atoms with E-state index in [2.05, 4.69) is 117 Å². The van der Waals surface area contributed by atoms with Crippen LogP contribution in [0.25, 0.3) is 0 Å². The van der Waals surface area contributed by atoms with Crippen molar-refractivity contribution in [2.24, 2.45) is 44.3 Å². The van der Waals surface area contributed by atoms with Crippen LogP contribution in [-0.2, 0) is 28.7 Å². The summed E-state index contributed by atoms with van der Waals surface area (Å²) in [5.41, 5.74) is 0.925. The molecule has 3 rings (SSSR count). The van der Waals surface area contributed by atoms with Crippen LogP contribution in [0.1, 0.15) is 171 Å². The van der Waals surface area contributed by atoms with E-state index in [0.717, 1.165) is 52.5 Å². The van der Waals surface area contributed by atoms with Gasteiger partial charge in [-0.25, -0.2) is 13.6 Å². The first kappa shape index (κ1) is 78.9. The van der Waals surface area contributed by atoms with Gasteiger partial charge in [-0.15, -0.1) is 0 Å². The third-order valence-corrected chi connectivity index (χ3v) is 11.0. The maximum absolute atomic E-state index is 13.2. The predicted octanol–water partition coefficient (Wildman–Crippen LogP) is 10.4. The van der Waals surface area contributed by atoms with Gasteiger partial charge in [0.15, 0.2) is 0 Å². The molecule has 0 radical (unpaired) electrons. The highest BCUT2D eigenvalue weighted by Crippen LogP contribution is 2.40. The number of likely N-dealkylation sites (N-methyl/N-ethyl adjacent to an activating group) is 1. The highest BCUT2D eigenvalue weighted by atomic mass is 19.4. The van der Waals surface area contributed by atoms with Gasteiger partial charge in [0.25, 0.3) is 5.92 Å². The van der Waals surface area contributed by atoms with Crippen molar-refractivity contribution in [3.63, 3.8) is 0 Å². The summed E-state index contributed by atoms with van der Waals surface area (Å²) >= 11 is 0. The number of rotatable bonds is 14. The van der Waals surface area contributed by atoms with Crippen molar-refractivity contribution in [1.29, 1.82) is 0 Å². The second-order valence-corrected chi connectivity index (χ2v) is 28.8. The minimum absolute atomic E-state index is 0.00840. The van der Waals surface area contributed by atoms with Crippen LogP contribution >= 0.6 is 0 Å². The summed E-state index contributed by atoms with van der Waals surface area (Å²) in [7, 11) is 5.39. The van der Waals surface area contributed by atoms with E-state index in [1.54, 1.807) is 6.92 Å². The van der Waals surface area contributed by atoms with Gasteiger partial charge in [-0.3, -0.25) is 24.1 Å². The van der Waals surface area contributed by atoms with Crippen molar-refractivity contribution in [3.05, 3.63) is 0 Å². The van der Waals surface area contributed by atoms with E-state index in [1.807, 2.05) is 81.1 Å². The Morgan fingerprint density at radius 2 is 1.06 bits per heavy atom. The zero-order valence-corrected chi connectivity index (χ0v) is 53.5. The molecule has 1 saturated carbocycles. The Labute approximate surface area is 471 Å². The standard InChI is InChI=1S/C12H24N2O3.C11H19F2NO.C11H22N2O.C9H21NO.C8H14F3NO.C7H15N/c1-8(2)9(14-11(16)17-6)10(15)13-7-12(3,4)5;1-10(2,3)7-14-9(15)8-5-4-6-11(8,12)13;1-10(14)13-7-5-12(6-8-13)9-11(2,3)4;1-9(2,3)8-11-7-6-10(4)5;1-7(2,3)5-12-6(13)4-8(9,10)11;1-7(2,3)6-8-4-5-8/h8-9H,7H2,1-6H3,(H,13,15)(H,14,16);8H,4-7H2,1-3H3,(H,14,15);5-9H2,1-4H3;6-8H2,1-5H3;4-5H2,1-3H3,(H,12,13);4-6H2,1-3H3/t9-;;;;;/m0...../s1. The summed E-state index contributed by atoms with van der Waals surface area (Å²) < 4.78 is 71.4. The van der Waals surface area contributed by atoms with Crippen molar-refractivity contribution >= 4 is 29.7 Å². The average Bonchev–Trinajstić information content (AvgIpc) is 3.97. The lowest BCUT2D eigenvalue weighted by molar-refractivity contribution is -0.154. The molecule has 1 unspecified atom stereocenters. The Morgan fingerprint density at radius 3 is 1.38 bits per heavy atom. The summed E-state index contributed by atoms with van der Waals surface area (Å²) in [4.78, 5) is 65.3. The number of ether oxygens (including phenoxy) is 2. The van der Waals surface area contributed by atoms with Crippen LogP contribution in [0, 0.1) is 44.3 Å². The number of methoxy groups -OCH3 is 1. The Balaban J connectivity index is -0.000000875. The van der Waals surface area contributed by atoms with E-state index in [9.17, 15) is 45.9 Å². The summed E-state index contributed by atoms with van der Waals surface area (Å²) in [6.45, 7) is 55.9. The number of alkyl halides is 5. The van der Waals surface area contributed by atoms with Crippen LogP contribution in [0.2, 0.25) is 0 Å². The SMILES string of the molecule is CC(=O)N1CCN(CC(C)(C)C)CC1.CC(C)(C)CN1CC1.CC(C)(C)CNC(=O)C1CCCC1(F)F.CC(C)(C)CNC(=O)CC(F)(F)F.CN(C)CCOCC(C)(C)C.COC(=O)N[C@H](C(=O)NCC(C)(C)C)C(C)C. The molecule has 5 amide bonds. The minimum Gasteiger partial charge on any atom is -0.453 e. The quantitative estimate of drug-likeness (QED) is 0.0748. The van der Waals surface area contributed by atoms with Gasteiger partial charge in [0.05, 0.1) is 20.3 Å². The first-order valence-corrected chi connectivity index (χ1v) is 27.9. The Bertz CT molecular complexity index is 1700.